The Morgan fingerprint density at radius 1 is 1.60 bits per heavy atom. The highest BCUT2D eigenvalue weighted by Crippen LogP contribution is 2.14. The molecule has 0 aliphatic carbocycles. The molecule has 1 unspecified atom stereocenters. The van der Waals surface area contributed by atoms with Crippen LogP contribution in [0.4, 0.5) is 5.82 Å². The average Bonchev–Trinajstić information content (AvgIpc) is 2.71. The van der Waals surface area contributed by atoms with Crippen molar-refractivity contribution in [3.05, 3.63) is 12.3 Å². The Morgan fingerprint density at radius 3 is 3.07 bits per heavy atom. The highest BCUT2D eigenvalue weighted by molar-refractivity contribution is 7.93. The minimum Gasteiger partial charge on any atom is -0.363 e. The first-order valence-corrected chi connectivity index (χ1v) is 6.36. The van der Waals surface area contributed by atoms with Crippen molar-refractivity contribution in [2.75, 3.05) is 17.8 Å². The van der Waals surface area contributed by atoms with Crippen molar-refractivity contribution in [1.29, 1.82) is 0 Å². The lowest BCUT2D eigenvalue weighted by molar-refractivity contribution is 0.423. The van der Waals surface area contributed by atoms with Crippen LogP contribution >= 0.6 is 0 Å². The van der Waals surface area contributed by atoms with Gasteiger partial charge in [0.2, 0.25) is 10.0 Å². The molecule has 1 atom stereocenters. The largest absolute Gasteiger partial charge is 0.363 e. The van der Waals surface area contributed by atoms with Gasteiger partial charge in [-0.15, -0.1) is 0 Å². The first-order valence-electron chi connectivity index (χ1n) is 4.81. The number of aromatic nitrogens is 1. The quantitative estimate of drug-likeness (QED) is 0.774. The molecule has 1 aromatic rings. The van der Waals surface area contributed by atoms with Gasteiger partial charge in [-0.05, 0) is 19.4 Å². The molecule has 2 heterocycles. The highest BCUT2D eigenvalue weighted by atomic mass is 32.2. The van der Waals surface area contributed by atoms with Crippen LogP contribution in [0.1, 0.15) is 12.8 Å². The molecule has 84 valence electrons. The molecule has 7 heteroatoms. The molecule has 0 bridgehead atoms. The zero-order valence-corrected chi connectivity index (χ0v) is 8.96. The van der Waals surface area contributed by atoms with Crippen LogP contribution in [-0.2, 0) is 10.0 Å². The van der Waals surface area contributed by atoms with E-state index in [2.05, 4.69) is 19.7 Å². The van der Waals surface area contributed by atoms with E-state index in [9.17, 15) is 8.42 Å². The van der Waals surface area contributed by atoms with Crippen molar-refractivity contribution < 1.29 is 12.9 Å². The SMILES string of the molecule is O=S(=O)(Nc1ccon1)C1CCCNC1. The summed E-state index contributed by atoms with van der Waals surface area (Å²) in [6.07, 6.45) is 2.89. The Bertz CT molecular complexity index is 395. The fourth-order valence-corrected chi connectivity index (χ4v) is 2.96. The molecular formula is C8H13N3O3S. The lowest BCUT2D eigenvalue weighted by atomic mass is 10.2. The molecule has 0 spiro atoms. The smallest absolute Gasteiger partial charge is 0.238 e. The number of anilines is 1. The van der Waals surface area contributed by atoms with Crippen molar-refractivity contribution in [2.45, 2.75) is 18.1 Å². The number of hydrogen-bond donors (Lipinski definition) is 2. The molecule has 1 aliphatic rings. The van der Waals surface area contributed by atoms with E-state index in [0.29, 0.717) is 13.0 Å². The molecule has 1 saturated heterocycles. The van der Waals surface area contributed by atoms with Crippen LogP contribution in [0.15, 0.2) is 16.9 Å². The molecule has 0 aromatic carbocycles. The van der Waals surface area contributed by atoms with E-state index in [1.54, 1.807) is 0 Å². The second-order valence-electron chi connectivity index (χ2n) is 3.50. The number of piperidine rings is 1. The Labute approximate surface area is 88.1 Å². The van der Waals surface area contributed by atoms with E-state index < -0.39 is 10.0 Å². The van der Waals surface area contributed by atoms with Crippen LogP contribution in [0, 0.1) is 0 Å². The van der Waals surface area contributed by atoms with Crippen LogP contribution in [0.2, 0.25) is 0 Å². The van der Waals surface area contributed by atoms with E-state index in [4.69, 9.17) is 0 Å². The van der Waals surface area contributed by atoms with Gasteiger partial charge >= 0.3 is 0 Å². The van der Waals surface area contributed by atoms with Crippen molar-refractivity contribution in [3.8, 4) is 0 Å². The summed E-state index contributed by atoms with van der Waals surface area (Å²) in [6, 6.07) is 1.48. The Hall–Kier alpha value is -1.08. The van der Waals surface area contributed by atoms with Crippen LogP contribution in [-0.4, -0.2) is 31.9 Å². The molecule has 0 saturated carbocycles. The summed E-state index contributed by atoms with van der Waals surface area (Å²) in [4.78, 5) is 0. The maximum absolute atomic E-state index is 11.8. The third kappa shape index (κ3) is 2.48. The van der Waals surface area contributed by atoms with Gasteiger partial charge in [0.05, 0.1) is 5.25 Å². The van der Waals surface area contributed by atoms with E-state index in [0.717, 1.165) is 13.0 Å². The Balaban J connectivity index is 2.05. The van der Waals surface area contributed by atoms with Gasteiger partial charge in [-0.3, -0.25) is 4.72 Å². The van der Waals surface area contributed by atoms with Gasteiger partial charge in [0, 0.05) is 12.6 Å². The molecular weight excluding hydrogens is 218 g/mol. The van der Waals surface area contributed by atoms with Crippen molar-refractivity contribution in [2.24, 2.45) is 0 Å². The normalized spacial score (nSPS) is 22.5. The van der Waals surface area contributed by atoms with E-state index in [-0.39, 0.29) is 11.1 Å². The summed E-state index contributed by atoms with van der Waals surface area (Å²) >= 11 is 0. The standard InChI is InChI=1S/C8H13N3O3S/c12-15(13,7-2-1-4-9-6-7)11-8-3-5-14-10-8/h3,5,7,9H,1-2,4,6H2,(H,10,11). The number of nitrogens with zero attached hydrogens (tertiary/aromatic N) is 1. The topological polar surface area (TPSA) is 84.2 Å². The van der Waals surface area contributed by atoms with Crippen LogP contribution in [0.5, 0.6) is 0 Å². The number of hydrogen-bond acceptors (Lipinski definition) is 5. The predicted octanol–water partition coefficient (Wildman–Crippen LogP) is 0.168. The van der Waals surface area contributed by atoms with Crippen LogP contribution < -0.4 is 10.0 Å². The first kappa shape index (κ1) is 10.4. The predicted molar refractivity (Wildman–Crippen MR) is 54.9 cm³/mol. The molecule has 1 fully saturated rings. The number of nitrogens with one attached hydrogen (secondary N) is 2. The van der Waals surface area contributed by atoms with Crippen LogP contribution in [0.25, 0.3) is 0 Å². The molecule has 15 heavy (non-hydrogen) atoms. The second-order valence-corrected chi connectivity index (χ2v) is 5.46. The van der Waals surface area contributed by atoms with Crippen molar-refractivity contribution >= 4 is 15.8 Å². The molecule has 1 aliphatic heterocycles. The summed E-state index contributed by atoms with van der Waals surface area (Å²) < 4.78 is 30.6. The van der Waals surface area contributed by atoms with Gasteiger partial charge in [0.1, 0.15) is 6.26 Å². The van der Waals surface area contributed by atoms with Crippen LogP contribution in [0.3, 0.4) is 0 Å². The van der Waals surface area contributed by atoms with Gasteiger partial charge in [-0.25, -0.2) is 8.42 Å². The maximum Gasteiger partial charge on any atom is 0.238 e. The monoisotopic (exact) mass is 231 g/mol. The third-order valence-electron chi connectivity index (χ3n) is 2.38. The Kier molecular flexibility index (Phi) is 2.92. The molecule has 6 nitrogen and oxygen atoms in total. The fraction of sp³-hybridized carbons (Fsp3) is 0.625. The number of rotatable bonds is 3. The summed E-state index contributed by atoms with van der Waals surface area (Å²) in [5.41, 5.74) is 0. The summed E-state index contributed by atoms with van der Waals surface area (Å²) in [5, 5.41) is 6.18. The summed E-state index contributed by atoms with van der Waals surface area (Å²) in [6.45, 7) is 1.38. The zero-order valence-electron chi connectivity index (χ0n) is 8.14. The third-order valence-corrected chi connectivity index (χ3v) is 4.15. The van der Waals surface area contributed by atoms with E-state index in [1.807, 2.05) is 0 Å². The average molecular weight is 231 g/mol. The molecule has 2 rings (SSSR count). The first-order chi connectivity index (χ1) is 7.18. The molecule has 0 radical (unpaired) electrons. The summed E-state index contributed by atoms with van der Waals surface area (Å²) in [5.74, 6) is 0.237. The lowest BCUT2D eigenvalue weighted by Crippen LogP contribution is -2.41. The second kappa shape index (κ2) is 4.19. The molecule has 1 aromatic heterocycles. The summed E-state index contributed by atoms with van der Waals surface area (Å²) in [7, 11) is -3.34. The molecule has 2 N–H and O–H groups in total. The van der Waals surface area contributed by atoms with Gasteiger partial charge in [-0.2, -0.15) is 0 Å². The Morgan fingerprint density at radius 2 is 2.47 bits per heavy atom. The van der Waals surface area contributed by atoms with Gasteiger partial charge in [0.25, 0.3) is 0 Å². The minimum absolute atomic E-state index is 0.237. The van der Waals surface area contributed by atoms with Crippen molar-refractivity contribution in [3.63, 3.8) is 0 Å². The zero-order chi connectivity index (χ0) is 10.7. The van der Waals surface area contributed by atoms with Crippen molar-refractivity contribution in [1.82, 2.24) is 10.5 Å². The fourth-order valence-electron chi connectivity index (χ4n) is 1.58. The van der Waals surface area contributed by atoms with Gasteiger partial charge in [0.15, 0.2) is 5.82 Å². The van der Waals surface area contributed by atoms with E-state index >= 15 is 0 Å². The number of sulfonamides is 1. The lowest BCUT2D eigenvalue weighted by Gasteiger charge is -2.22. The van der Waals surface area contributed by atoms with Gasteiger partial charge < -0.3 is 9.84 Å². The maximum atomic E-state index is 11.8. The molecule has 0 amide bonds. The van der Waals surface area contributed by atoms with E-state index in [1.165, 1.54) is 12.3 Å². The van der Waals surface area contributed by atoms with Gasteiger partial charge in [-0.1, -0.05) is 5.16 Å². The highest BCUT2D eigenvalue weighted by Gasteiger charge is 2.27. The minimum atomic E-state index is -3.34.